The first kappa shape index (κ1) is 29.5. The second-order valence-corrected chi connectivity index (χ2v) is 10.7. The Balaban J connectivity index is 1.39. The molecule has 0 radical (unpaired) electrons. The molecular formula is C33H40O4S. The summed E-state index contributed by atoms with van der Waals surface area (Å²) in [4.78, 5) is 26.0. The molecule has 0 bridgehead atoms. The molecule has 3 rings (SSSR count). The second kappa shape index (κ2) is 16.7. The highest BCUT2D eigenvalue weighted by Gasteiger charge is 2.20. The zero-order chi connectivity index (χ0) is 27.0. The number of esters is 2. The summed E-state index contributed by atoms with van der Waals surface area (Å²) in [7, 11) is 0. The summed E-state index contributed by atoms with van der Waals surface area (Å²) in [5.41, 5.74) is 3.40. The number of unbranched alkanes of at least 4 members (excludes halogenated alkanes) is 7. The molecule has 0 aromatic heterocycles. The third-order valence-corrected chi connectivity index (χ3v) is 7.51. The van der Waals surface area contributed by atoms with Crippen molar-refractivity contribution >= 4 is 23.7 Å². The molecule has 0 aliphatic carbocycles. The van der Waals surface area contributed by atoms with Gasteiger partial charge in [-0.15, -0.1) is 11.8 Å². The first-order chi connectivity index (χ1) is 18.6. The van der Waals surface area contributed by atoms with Crippen molar-refractivity contribution in [2.75, 3.05) is 5.75 Å². The van der Waals surface area contributed by atoms with Crippen LogP contribution in [-0.2, 0) is 20.9 Å². The molecular weight excluding hydrogens is 492 g/mol. The van der Waals surface area contributed by atoms with Gasteiger partial charge < -0.3 is 9.47 Å². The lowest BCUT2D eigenvalue weighted by Gasteiger charge is -2.13. The van der Waals surface area contributed by atoms with E-state index >= 15 is 0 Å². The maximum atomic E-state index is 12.5. The molecule has 4 nitrogen and oxygen atoms in total. The van der Waals surface area contributed by atoms with E-state index in [0.29, 0.717) is 5.56 Å². The molecule has 38 heavy (non-hydrogen) atoms. The van der Waals surface area contributed by atoms with Crippen molar-refractivity contribution in [3.05, 3.63) is 90.0 Å². The summed E-state index contributed by atoms with van der Waals surface area (Å²) in [6.45, 7) is 3.93. The van der Waals surface area contributed by atoms with Crippen LogP contribution < -0.4 is 0 Å². The molecule has 0 saturated heterocycles. The van der Waals surface area contributed by atoms with Gasteiger partial charge in [-0.25, -0.2) is 9.59 Å². The minimum Gasteiger partial charge on any atom is -0.458 e. The van der Waals surface area contributed by atoms with Gasteiger partial charge in [0.05, 0.1) is 5.56 Å². The van der Waals surface area contributed by atoms with Gasteiger partial charge in [0.2, 0.25) is 0 Å². The average molecular weight is 533 g/mol. The van der Waals surface area contributed by atoms with Crippen molar-refractivity contribution in [2.24, 2.45) is 0 Å². The van der Waals surface area contributed by atoms with Crippen molar-refractivity contribution in [2.45, 2.75) is 82.8 Å². The molecule has 0 unspecified atom stereocenters. The van der Waals surface area contributed by atoms with E-state index in [0.717, 1.165) is 22.4 Å². The largest absolute Gasteiger partial charge is 0.458 e. The Hall–Kier alpha value is -3.05. The van der Waals surface area contributed by atoms with Gasteiger partial charge >= 0.3 is 11.9 Å². The topological polar surface area (TPSA) is 52.6 Å². The second-order valence-electron chi connectivity index (χ2n) is 9.57. The van der Waals surface area contributed by atoms with E-state index in [1.165, 1.54) is 63.2 Å². The van der Waals surface area contributed by atoms with Crippen molar-refractivity contribution in [3.8, 4) is 11.1 Å². The van der Waals surface area contributed by atoms with Gasteiger partial charge in [0.25, 0.3) is 0 Å². The summed E-state index contributed by atoms with van der Waals surface area (Å²) in [6.07, 6.45) is 9.77. The maximum Gasteiger partial charge on any atom is 0.347 e. The van der Waals surface area contributed by atoms with E-state index in [4.69, 9.17) is 9.47 Å². The molecule has 5 heteroatoms. The Labute approximate surface area is 232 Å². The van der Waals surface area contributed by atoms with Gasteiger partial charge in [0.1, 0.15) is 6.61 Å². The lowest BCUT2D eigenvalue weighted by atomic mass is 10.0. The standard InChI is InChI=1S/C33H40O4S/c1-3-4-5-6-7-8-9-13-24-38-31-22-20-29(21-23-31)28-16-18-30(19-17-28)33(35)37-26(2)32(34)36-25-27-14-11-10-12-15-27/h10-12,14-23,26H,3-9,13,24-25H2,1-2H3/t26-/m0/s1. The molecule has 1 atom stereocenters. The first-order valence-corrected chi connectivity index (χ1v) is 14.8. The van der Waals surface area contributed by atoms with E-state index in [1.54, 1.807) is 12.1 Å². The fourth-order valence-electron chi connectivity index (χ4n) is 4.09. The highest BCUT2D eigenvalue weighted by molar-refractivity contribution is 7.99. The van der Waals surface area contributed by atoms with E-state index < -0.39 is 18.0 Å². The Morgan fingerprint density at radius 2 is 1.32 bits per heavy atom. The third-order valence-electron chi connectivity index (χ3n) is 6.41. The number of hydrogen-bond donors (Lipinski definition) is 0. The van der Waals surface area contributed by atoms with E-state index in [9.17, 15) is 9.59 Å². The van der Waals surface area contributed by atoms with Gasteiger partial charge in [-0.2, -0.15) is 0 Å². The summed E-state index contributed by atoms with van der Waals surface area (Å²) in [6, 6.07) is 25.2. The van der Waals surface area contributed by atoms with Gasteiger partial charge in [0.15, 0.2) is 6.10 Å². The molecule has 0 heterocycles. The van der Waals surface area contributed by atoms with Crippen LogP contribution >= 0.6 is 11.8 Å². The molecule has 3 aromatic rings. The summed E-state index contributed by atoms with van der Waals surface area (Å²) in [5, 5.41) is 0. The number of carbonyl (C=O) groups excluding carboxylic acids is 2. The average Bonchev–Trinajstić information content (AvgIpc) is 2.96. The Kier molecular flexibility index (Phi) is 13.0. The summed E-state index contributed by atoms with van der Waals surface area (Å²) in [5.74, 6) is 0.0381. The van der Waals surface area contributed by atoms with Gasteiger partial charge in [0, 0.05) is 4.90 Å². The molecule has 0 saturated carbocycles. The highest BCUT2D eigenvalue weighted by Crippen LogP contribution is 2.26. The van der Waals surface area contributed by atoms with Gasteiger partial charge in [-0.1, -0.05) is 106 Å². The molecule has 0 spiro atoms. The van der Waals surface area contributed by atoms with Crippen LogP contribution in [0, 0.1) is 0 Å². The molecule has 0 aliphatic rings. The summed E-state index contributed by atoms with van der Waals surface area (Å²) >= 11 is 1.91. The number of rotatable bonds is 16. The number of thioether (sulfide) groups is 1. The van der Waals surface area contributed by atoms with Crippen molar-refractivity contribution in [3.63, 3.8) is 0 Å². The smallest absolute Gasteiger partial charge is 0.347 e. The Morgan fingerprint density at radius 3 is 1.95 bits per heavy atom. The fraction of sp³-hybridized carbons (Fsp3) is 0.394. The van der Waals surface area contributed by atoms with E-state index in [2.05, 4.69) is 31.2 Å². The first-order valence-electron chi connectivity index (χ1n) is 13.8. The number of hydrogen-bond acceptors (Lipinski definition) is 5. The zero-order valence-electron chi connectivity index (χ0n) is 22.7. The molecule has 0 aliphatic heterocycles. The predicted octanol–water partition coefficient (Wildman–Crippen LogP) is 8.88. The van der Waals surface area contributed by atoms with Gasteiger partial charge in [-0.3, -0.25) is 0 Å². The minimum absolute atomic E-state index is 0.146. The molecule has 0 N–H and O–H groups in total. The highest BCUT2D eigenvalue weighted by atomic mass is 32.2. The lowest BCUT2D eigenvalue weighted by molar-refractivity contribution is -0.154. The van der Waals surface area contributed by atoms with Crippen LogP contribution in [0.15, 0.2) is 83.8 Å². The number of benzene rings is 3. The van der Waals surface area contributed by atoms with Crippen LogP contribution in [0.5, 0.6) is 0 Å². The Morgan fingerprint density at radius 1 is 0.737 bits per heavy atom. The SMILES string of the molecule is CCCCCCCCCCSc1ccc(-c2ccc(C(=O)O[C@@H](C)C(=O)OCc3ccccc3)cc2)cc1. The van der Waals surface area contributed by atoms with Crippen LogP contribution in [-0.4, -0.2) is 23.8 Å². The lowest BCUT2D eigenvalue weighted by Crippen LogP contribution is -2.26. The Bertz CT molecular complexity index is 1090. The van der Waals surface area contributed by atoms with Crippen LogP contribution in [0.25, 0.3) is 11.1 Å². The summed E-state index contributed by atoms with van der Waals surface area (Å²) < 4.78 is 10.6. The van der Waals surface area contributed by atoms with Crippen molar-refractivity contribution in [1.82, 2.24) is 0 Å². The van der Waals surface area contributed by atoms with Crippen LogP contribution in [0.4, 0.5) is 0 Å². The molecule has 0 amide bonds. The molecule has 0 fully saturated rings. The van der Waals surface area contributed by atoms with Crippen LogP contribution in [0.2, 0.25) is 0 Å². The number of carbonyl (C=O) groups is 2. The van der Waals surface area contributed by atoms with E-state index in [1.807, 2.05) is 54.2 Å². The van der Waals surface area contributed by atoms with Crippen molar-refractivity contribution in [1.29, 1.82) is 0 Å². The quantitative estimate of drug-likeness (QED) is 0.105. The molecule has 3 aromatic carbocycles. The fourth-order valence-corrected chi connectivity index (χ4v) is 5.00. The predicted molar refractivity (Wildman–Crippen MR) is 156 cm³/mol. The normalized spacial score (nSPS) is 11.6. The van der Waals surface area contributed by atoms with Crippen molar-refractivity contribution < 1.29 is 19.1 Å². The number of ether oxygens (including phenoxy) is 2. The van der Waals surface area contributed by atoms with Gasteiger partial charge in [-0.05, 0) is 60.1 Å². The van der Waals surface area contributed by atoms with Crippen LogP contribution in [0.3, 0.4) is 0 Å². The van der Waals surface area contributed by atoms with Crippen LogP contribution in [0.1, 0.15) is 81.1 Å². The monoisotopic (exact) mass is 532 g/mol. The minimum atomic E-state index is -0.985. The maximum absolute atomic E-state index is 12.5. The third kappa shape index (κ3) is 10.4. The zero-order valence-corrected chi connectivity index (χ0v) is 23.5. The molecule has 202 valence electrons. The van der Waals surface area contributed by atoms with E-state index in [-0.39, 0.29) is 6.61 Å².